The van der Waals surface area contributed by atoms with E-state index in [1.54, 1.807) is 0 Å². The van der Waals surface area contributed by atoms with Crippen LogP contribution >= 0.6 is 0 Å². The summed E-state index contributed by atoms with van der Waals surface area (Å²) in [6.45, 7) is 0. The predicted molar refractivity (Wildman–Crippen MR) is 232 cm³/mol. The normalized spacial score (nSPS) is 16.4. The Morgan fingerprint density at radius 1 is 0.625 bits per heavy atom. The third-order valence-electron chi connectivity index (χ3n) is 11.5. The number of aliphatic imine (C=N–C) groups is 1. The van der Waals surface area contributed by atoms with E-state index in [-0.39, 0.29) is 6.17 Å². The van der Waals surface area contributed by atoms with Gasteiger partial charge in [0.05, 0.1) is 16.7 Å². The number of para-hydroxylation sites is 2. The van der Waals surface area contributed by atoms with E-state index in [1.165, 1.54) is 49.5 Å². The molecule has 8 aromatic rings. The van der Waals surface area contributed by atoms with E-state index in [0.717, 1.165) is 76.4 Å². The zero-order valence-corrected chi connectivity index (χ0v) is 31.0. The summed E-state index contributed by atoms with van der Waals surface area (Å²) in [6, 6.07) is 50.4. The molecule has 4 nitrogen and oxygen atoms in total. The van der Waals surface area contributed by atoms with Crippen molar-refractivity contribution >= 4 is 44.6 Å². The second-order valence-electron chi connectivity index (χ2n) is 14.9. The Hall–Kier alpha value is -6.91. The zero-order valence-electron chi connectivity index (χ0n) is 31.0. The van der Waals surface area contributed by atoms with Gasteiger partial charge in [-0.05, 0) is 102 Å². The summed E-state index contributed by atoms with van der Waals surface area (Å²) < 4.78 is 8.85. The van der Waals surface area contributed by atoms with Crippen LogP contribution < -0.4 is 5.32 Å². The lowest BCUT2D eigenvalue weighted by molar-refractivity contribution is 0.596. The van der Waals surface area contributed by atoms with E-state index >= 15 is 0 Å². The van der Waals surface area contributed by atoms with Crippen LogP contribution in [0.1, 0.15) is 47.9 Å². The van der Waals surface area contributed by atoms with Gasteiger partial charge in [-0.3, -0.25) is 4.99 Å². The quantitative estimate of drug-likeness (QED) is 0.186. The number of nitrogens with one attached hydrogen (secondary N) is 1. The highest BCUT2D eigenvalue weighted by atomic mass is 16.3. The van der Waals surface area contributed by atoms with Gasteiger partial charge in [-0.15, -0.1) is 0 Å². The number of hydrogen-bond acceptors (Lipinski definition) is 3. The molecule has 4 heteroatoms. The molecule has 0 spiro atoms. The molecule has 2 aliphatic carbocycles. The Balaban J connectivity index is 0.995. The van der Waals surface area contributed by atoms with Crippen molar-refractivity contribution in [1.29, 1.82) is 0 Å². The summed E-state index contributed by atoms with van der Waals surface area (Å²) in [7, 11) is 0. The molecule has 268 valence electrons. The largest absolute Gasteiger partial charge is 0.456 e. The Labute approximate surface area is 326 Å². The molecule has 0 fully saturated rings. The Morgan fingerprint density at radius 2 is 1.39 bits per heavy atom. The standard InChI is InChI=1S/C52H39N3O/c1-3-14-35(15-4-1)45-33-46(36-16-5-2-6-17-36)54-52(53-45)38-19-11-18-37(32-38)40-22-13-26-48-50(40)44-21-7-9-25-47(44)55(48)39-30-28-34(29-31-39)41-23-12-24-43-42-20-8-10-27-49(42)56-51(41)43/h1,3-5,7,9-19,21-33,52,54H,2,6,8,20H2. The average molecular weight is 722 g/mol. The maximum Gasteiger partial charge on any atom is 0.145 e. The van der Waals surface area contributed by atoms with Crippen LogP contribution in [0.2, 0.25) is 0 Å². The lowest BCUT2D eigenvalue weighted by Gasteiger charge is -2.26. The molecule has 2 aromatic heterocycles. The Kier molecular flexibility index (Phi) is 7.80. The fourth-order valence-corrected chi connectivity index (χ4v) is 8.87. The fraction of sp³-hybridized carbons (Fsp3) is 0.0962. The van der Waals surface area contributed by atoms with Crippen LogP contribution in [0.3, 0.4) is 0 Å². The second-order valence-corrected chi connectivity index (χ2v) is 14.9. The van der Waals surface area contributed by atoms with Gasteiger partial charge < -0.3 is 14.3 Å². The van der Waals surface area contributed by atoms with Crippen molar-refractivity contribution in [2.45, 2.75) is 31.8 Å². The summed E-state index contributed by atoms with van der Waals surface area (Å²) in [5.41, 5.74) is 16.0. The van der Waals surface area contributed by atoms with Crippen LogP contribution in [0, 0.1) is 0 Å². The number of fused-ring (bicyclic) bond motifs is 6. The maximum atomic E-state index is 6.44. The van der Waals surface area contributed by atoms with Crippen molar-refractivity contribution in [2.24, 2.45) is 4.99 Å². The highest BCUT2D eigenvalue weighted by Gasteiger charge is 2.23. The third kappa shape index (κ3) is 5.48. The SMILES string of the molecule is C1=CC(C2=CC(c3ccccc3)=NC(c3cccc(-c4cccc5c4c4ccccc4n5-c4ccc(-c5cccc6c7c(oc56)C=CCC7)cc4)c3)N2)=CCC1. The van der Waals surface area contributed by atoms with Crippen LogP contribution in [0.25, 0.3) is 66.8 Å². The van der Waals surface area contributed by atoms with Gasteiger partial charge in [-0.1, -0.05) is 133 Å². The number of furan rings is 1. The van der Waals surface area contributed by atoms with Crippen molar-refractivity contribution in [3.8, 4) is 27.9 Å². The van der Waals surface area contributed by atoms with Gasteiger partial charge in [-0.25, -0.2) is 0 Å². The summed E-state index contributed by atoms with van der Waals surface area (Å²) >= 11 is 0. The van der Waals surface area contributed by atoms with E-state index < -0.39 is 0 Å². The first kappa shape index (κ1) is 32.5. The first-order valence-corrected chi connectivity index (χ1v) is 19.7. The minimum absolute atomic E-state index is 0.227. The van der Waals surface area contributed by atoms with Gasteiger partial charge in [0.25, 0.3) is 0 Å². The third-order valence-corrected chi connectivity index (χ3v) is 11.5. The van der Waals surface area contributed by atoms with Crippen LogP contribution in [-0.4, -0.2) is 10.3 Å². The molecule has 11 rings (SSSR count). The summed E-state index contributed by atoms with van der Waals surface area (Å²) in [4.78, 5) is 5.29. The first-order valence-electron chi connectivity index (χ1n) is 19.7. The Bertz CT molecular complexity index is 2990. The smallest absolute Gasteiger partial charge is 0.145 e. The van der Waals surface area contributed by atoms with E-state index in [9.17, 15) is 0 Å². The molecule has 0 saturated heterocycles. The van der Waals surface area contributed by atoms with E-state index in [1.807, 2.05) is 0 Å². The summed E-state index contributed by atoms with van der Waals surface area (Å²) in [6.07, 6.45) is 17.3. The van der Waals surface area contributed by atoms with Crippen molar-refractivity contribution in [2.75, 3.05) is 0 Å². The number of benzene rings is 6. The molecule has 6 aromatic carbocycles. The second kappa shape index (κ2) is 13.4. The number of nitrogens with zero attached hydrogens (tertiary/aromatic N) is 2. The van der Waals surface area contributed by atoms with Crippen molar-refractivity contribution in [3.63, 3.8) is 0 Å². The maximum absolute atomic E-state index is 6.44. The number of rotatable bonds is 6. The summed E-state index contributed by atoms with van der Waals surface area (Å²) in [5, 5.41) is 7.49. The van der Waals surface area contributed by atoms with Gasteiger partial charge in [0.2, 0.25) is 0 Å². The first-order chi connectivity index (χ1) is 27.8. The van der Waals surface area contributed by atoms with Gasteiger partial charge in [0, 0.05) is 38.7 Å². The molecule has 1 N–H and O–H groups in total. The lowest BCUT2D eigenvalue weighted by atomic mass is 9.96. The highest BCUT2D eigenvalue weighted by Crippen LogP contribution is 2.41. The van der Waals surface area contributed by atoms with Crippen LogP contribution in [0.4, 0.5) is 0 Å². The van der Waals surface area contributed by atoms with Crippen LogP contribution in [0.15, 0.2) is 191 Å². The van der Waals surface area contributed by atoms with E-state index in [4.69, 9.17) is 9.41 Å². The number of allylic oxidation sites excluding steroid dienone is 5. The van der Waals surface area contributed by atoms with Gasteiger partial charge in [-0.2, -0.15) is 0 Å². The number of aromatic nitrogens is 1. The monoisotopic (exact) mass is 721 g/mol. The van der Waals surface area contributed by atoms with Crippen molar-refractivity contribution < 1.29 is 4.42 Å². The minimum Gasteiger partial charge on any atom is -0.456 e. The average Bonchev–Trinajstić information content (AvgIpc) is 3.83. The zero-order chi connectivity index (χ0) is 37.0. The van der Waals surface area contributed by atoms with Crippen LogP contribution in [0.5, 0.6) is 0 Å². The molecular formula is C52H39N3O. The van der Waals surface area contributed by atoms with E-state index in [2.05, 4.69) is 186 Å². The molecule has 0 saturated carbocycles. The molecule has 0 bridgehead atoms. The van der Waals surface area contributed by atoms with Crippen molar-refractivity contribution in [3.05, 3.63) is 204 Å². The number of aryl methyl sites for hydroxylation is 1. The van der Waals surface area contributed by atoms with Gasteiger partial charge >= 0.3 is 0 Å². The molecule has 0 radical (unpaired) electrons. The fourth-order valence-electron chi connectivity index (χ4n) is 8.87. The number of hydrogen-bond donors (Lipinski definition) is 1. The lowest BCUT2D eigenvalue weighted by Crippen LogP contribution is -2.26. The van der Waals surface area contributed by atoms with Crippen molar-refractivity contribution in [1.82, 2.24) is 9.88 Å². The van der Waals surface area contributed by atoms with Crippen LogP contribution in [-0.2, 0) is 6.42 Å². The molecule has 3 aliphatic rings. The molecular weight excluding hydrogens is 683 g/mol. The molecule has 3 heterocycles. The predicted octanol–water partition coefficient (Wildman–Crippen LogP) is 13.1. The molecule has 0 amide bonds. The molecule has 1 aliphatic heterocycles. The topological polar surface area (TPSA) is 42.5 Å². The van der Waals surface area contributed by atoms with E-state index in [0.29, 0.717) is 0 Å². The highest BCUT2D eigenvalue weighted by molar-refractivity contribution is 6.16. The molecule has 1 unspecified atom stereocenters. The van der Waals surface area contributed by atoms with Gasteiger partial charge in [0.1, 0.15) is 17.5 Å². The van der Waals surface area contributed by atoms with Gasteiger partial charge in [0.15, 0.2) is 0 Å². The Morgan fingerprint density at radius 3 is 2.29 bits per heavy atom. The minimum atomic E-state index is -0.227. The summed E-state index contributed by atoms with van der Waals surface area (Å²) in [5.74, 6) is 0.998. The molecule has 1 atom stereocenters. The molecule has 56 heavy (non-hydrogen) atoms.